The molecule has 0 N–H and O–H groups in total. The fraction of sp³-hybridized carbons (Fsp3) is 0.571. The molecule has 4 nitrogen and oxygen atoms in total. The molecule has 0 saturated carbocycles. The Morgan fingerprint density at radius 3 is 2.26 bits per heavy atom. The molecule has 1 unspecified atom stereocenters. The summed E-state index contributed by atoms with van der Waals surface area (Å²) in [5.74, 6) is -0.934. The van der Waals surface area contributed by atoms with Crippen molar-refractivity contribution in [3.8, 4) is 0 Å². The second-order valence-corrected chi connectivity index (χ2v) is 6.79. The normalized spacial score (nSPS) is 24.4. The Labute approximate surface area is 114 Å². The van der Waals surface area contributed by atoms with Gasteiger partial charge in [0, 0.05) is 19.6 Å². The predicted molar refractivity (Wildman–Crippen MR) is 73.6 cm³/mol. The molecule has 1 atom stereocenters. The lowest BCUT2D eigenvalue weighted by molar-refractivity contribution is -0.231. The second-order valence-electron chi connectivity index (χ2n) is 4.59. The number of benzene rings is 1. The standard InChI is InChI=1S/C14H20O4S/c1-3-17-14(18-4-2)10-11-19(15,16)13(14)12-8-6-5-7-9-12/h5-9,13H,3-4,10-11H2,1-2H3. The highest BCUT2D eigenvalue weighted by molar-refractivity contribution is 7.92. The molecule has 1 aromatic carbocycles. The van der Waals surface area contributed by atoms with E-state index in [4.69, 9.17) is 9.47 Å². The van der Waals surface area contributed by atoms with Gasteiger partial charge in [0.2, 0.25) is 0 Å². The lowest BCUT2D eigenvalue weighted by Crippen LogP contribution is -2.40. The molecule has 0 aromatic heterocycles. The molecular formula is C14H20O4S. The number of ether oxygens (including phenoxy) is 2. The van der Waals surface area contributed by atoms with Gasteiger partial charge in [-0.1, -0.05) is 30.3 Å². The van der Waals surface area contributed by atoms with Gasteiger partial charge >= 0.3 is 0 Å². The van der Waals surface area contributed by atoms with Crippen molar-refractivity contribution < 1.29 is 17.9 Å². The molecule has 1 aromatic rings. The first kappa shape index (κ1) is 14.5. The van der Waals surface area contributed by atoms with Crippen LogP contribution in [0.25, 0.3) is 0 Å². The average molecular weight is 284 g/mol. The number of hydrogen-bond acceptors (Lipinski definition) is 4. The molecule has 5 heteroatoms. The molecule has 0 spiro atoms. The fourth-order valence-corrected chi connectivity index (χ4v) is 4.90. The summed E-state index contributed by atoms with van der Waals surface area (Å²) in [6.45, 7) is 4.57. The first-order valence-electron chi connectivity index (χ1n) is 6.60. The molecule has 0 bridgehead atoms. The highest BCUT2D eigenvalue weighted by Gasteiger charge is 2.54. The molecule has 19 heavy (non-hydrogen) atoms. The van der Waals surface area contributed by atoms with E-state index in [2.05, 4.69) is 0 Å². The van der Waals surface area contributed by atoms with E-state index in [1.807, 2.05) is 44.2 Å². The Balaban J connectivity index is 2.48. The van der Waals surface area contributed by atoms with E-state index in [0.29, 0.717) is 19.6 Å². The van der Waals surface area contributed by atoms with Gasteiger partial charge < -0.3 is 9.47 Å². The molecule has 1 saturated heterocycles. The number of hydrogen-bond donors (Lipinski definition) is 0. The zero-order valence-electron chi connectivity index (χ0n) is 11.3. The van der Waals surface area contributed by atoms with Crippen molar-refractivity contribution in [1.82, 2.24) is 0 Å². The Morgan fingerprint density at radius 1 is 1.16 bits per heavy atom. The van der Waals surface area contributed by atoms with Crippen molar-refractivity contribution in [3.63, 3.8) is 0 Å². The third-order valence-electron chi connectivity index (χ3n) is 3.37. The van der Waals surface area contributed by atoms with E-state index in [9.17, 15) is 8.42 Å². The molecule has 1 aliphatic heterocycles. The summed E-state index contributed by atoms with van der Waals surface area (Å²) in [5.41, 5.74) is 0.738. The molecular weight excluding hydrogens is 264 g/mol. The van der Waals surface area contributed by atoms with Gasteiger partial charge in [0.25, 0.3) is 0 Å². The zero-order chi connectivity index (χ0) is 13.9. The quantitative estimate of drug-likeness (QED) is 0.779. The summed E-state index contributed by atoms with van der Waals surface area (Å²) < 4.78 is 36.2. The summed E-state index contributed by atoms with van der Waals surface area (Å²) in [5, 5.41) is -0.735. The van der Waals surface area contributed by atoms with Crippen LogP contribution in [0.1, 0.15) is 31.1 Å². The lowest BCUT2D eigenvalue weighted by Gasteiger charge is -2.33. The van der Waals surface area contributed by atoms with Gasteiger partial charge in [-0.15, -0.1) is 0 Å². The van der Waals surface area contributed by atoms with E-state index < -0.39 is 20.9 Å². The molecule has 0 radical (unpaired) electrons. The first-order valence-corrected chi connectivity index (χ1v) is 8.31. The molecule has 2 rings (SSSR count). The second kappa shape index (κ2) is 5.61. The van der Waals surface area contributed by atoms with Crippen LogP contribution in [0.3, 0.4) is 0 Å². The summed E-state index contributed by atoms with van der Waals surface area (Å²) in [6.07, 6.45) is 0.385. The topological polar surface area (TPSA) is 52.6 Å². The van der Waals surface area contributed by atoms with E-state index in [1.165, 1.54) is 0 Å². The van der Waals surface area contributed by atoms with Crippen molar-refractivity contribution in [2.45, 2.75) is 31.3 Å². The van der Waals surface area contributed by atoms with Crippen molar-refractivity contribution in [1.29, 1.82) is 0 Å². The Bertz CT molecular complexity index is 504. The molecule has 1 heterocycles. The monoisotopic (exact) mass is 284 g/mol. The van der Waals surface area contributed by atoms with Crippen LogP contribution in [0.4, 0.5) is 0 Å². The van der Waals surface area contributed by atoms with Gasteiger partial charge in [-0.3, -0.25) is 0 Å². The summed E-state index contributed by atoms with van der Waals surface area (Å²) >= 11 is 0. The van der Waals surface area contributed by atoms with Gasteiger partial charge in [-0.2, -0.15) is 0 Å². The van der Waals surface area contributed by atoms with Crippen LogP contribution in [0.15, 0.2) is 30.3 Å². The summed E-state index contributed by atoms with van der Waals surface area (Å²) in [4.78, 5) is 0. The van der Waals surface area contributed by atoms with Gasteiger partial charge in [0.15, 0.2) is 15.6 Å². The van der Waals surface area contributed by atoms with Crippen LogP contribution in [-0.2, 0) is 19.3 Å². The third-order valence-corrected chi connectivity index (χ3v) is 5.50. The minimum absolute atomic E-state index is 0.104. The number of sulfone groups is 1. The largest absolute Gasteiger partial charge is 0.349 e. The van der Waals surface area contributed by atoms with Crippen LogP contribution in [0, 0.1) is 0 Å². The fourth-order valence-electron chi connectivity index (χ4n) is 2.72. The molecule has 106 valence electrons. The van der Waals surface area contributed by atoms with Crippen LogP contribution < -0.4 is 0 Å². The van der Waals surface area contributed by atoms with Crippen LogP contribution >= 0.6 is 0 Å². The van der Waals surface area contributed by atoms with Gasteiger partial charge in [0.05, 0.1) is 5.75 Å². The molecule has 1 fully saturated rings. The van der Waals surface area contributed by atoms with Crippen molar-refractivity contribution in [2.24, 2.45) is 0 Å². The molecule has 0 amide bonds. The molecule has 1 aliphatic rings. The van der Waals surface area contributed by atoms with Gasteiger partial charge in [-0.25, -0.2) is 8.42 Å². The van der Waals surface area contributed by atoms with E-state index in [1.54, 1.807) is 0 Å². The maximum absolute atomic E-state index is 12.4. The van der Waals surface area contributed by atoms with Gasteiger partial charge in [0.1, 0.15) is 5.25 Å². The van der Waals surface area contributed by atoms with E-state index >= 15 is 0 Å². The lowest BCUT2D eigenvalue weighted by atomic mass is 10.0. The van der Waals surface area contributed by atoms with Crippen LogP contribution in [0.5, 0.6) is 0 Å². The van der Waals surface area contributed by atoms with E-state index in [0.717, 1.165) is 5.56 Å². The van der Waals surface area contributed by atoms with E-state index in [-0.39, 0.29) is 5.75 Å². The smallest absolute Gasteiger partial charge is 0.190 e. The Hall–Kier alpha value is -0.910. The highest BCUT2D eigenvalue weighted by atomic mass is 32.2. The van der Waals surface area contributed by atoms with Crippen LogP contribution in [-0.4, -0.2) is 33.2 Å². The van der Waals surface area contributed by atoms with Crippen molar-refractivity contribution in [2.75, 3.05) is 19.0 Å². The summed E-state index contributed by atoms with van der Waals surface area (Å²) in [6, 6.07) is 9.19. The minimum atomic E-state index is -3.24. The molecule has 0 aliphatic carbocycles. The summed E-state index contributed by atoms with van der Waals surface area (Å²) in [7, 11) is -3.24. The highest BCUT2D eigenvalue weighted by Crippen LogP contribution is 2.46. The maximum Gasteiger partial charge on any atom is 0.190 e. The minimum Gasteiger partial charge on any atom is -0.349 e. The SMILES string of the molecule is CCOC1(OCC)CCS(=O)(=O)C1c1ccccc1. The third kappa shape index (κ3) is 2.68. The van der Waals surface area contributed by atoms with Crippen molar-refractivity contribution >= 4 is 9.84 Å². The van der Waals surface area contributed by atoms with Crippen molar-refractivity contribution in [3.05, 3.63) is 35.9 Å². The Morgan fingerprint density at radius 2 is 1.74 bits per heavy atom. The zero-order valence-corrected chi connectivity index (χ0v) is 12.2. The van der Waals surface area contributed by atoms with Crippen LogP contribution in [0.2, 0.25) is 0 Å². The Kier molecular flexibility index (Phi) is 4.28. The maximum atomic E-state index is 12.4. The number of rotatable bonds is 5. The van der Waals surface area contributed by atoms with Gasteiger partial charge in [-0.05, 0) is 19.4 Å². The average Bonchev–Trinajstić information content (AvgIpc) is 2.63. The first-order chi connectivity index (χ1) is 9.06. The predicted octanol–water partition coefficient (Wildman–Crippen LogP) is 2.32.